The second-order valence-corrected chi connectivity index (χ2v) is 5.05. The van der Waals surface area contributed by atoms with Crippen LogP contribution in [-0.2, 0) is 0 Å². The van der Waals surface area contributed by atoms with Gasteiger partial charge in [0.05, 0.1) is 5.69 Å². The highest BCUT2D eigenvalue weighted by atomic mass is 16.4. The summed E-state index contributed by atoms with van der Waals surface area (Å²) in [6.07, 6.45) is 4.98. The number of nitrogens with zero attached hydrogens (tertiary/aromatic N) is 1. The molecule has 3 rings (SSSR count). The fraction of sp³-hybridized carbons (Fsp3) is 0.667. The van der Waals surface area contributed by atoms with Crippen LogP contribution in [0.5, 0.6) is 0 Å². The summed E-state index contributed by atoms with van der Waals surface area (Å²) in [6, 6.07) is 0. The van der Waals surface area contributed by atoms with Crippen LogP contribution in [0.2, 0.25) is 0 Å². The van der Waals surface area contributed by atoms with Crippen LogP contribution in [0.4, 0.5) is 0 Å². The lowest BCUT2D eigenvalue weighted by molar-refractivity contribution is 0.0657. The first kappa shape index (κ1) is 9.87. The number of carbonyl (C=O) groups is 1. The molecule has 0 saturated heterocycles. The van der Waals surface area contributed by atoms with Crippen molar-refractivity contribution in [1.82, 2.24) is 4.98 Å². The number of hydrogen-bond acceptors (Lipinski definition) is 3. The first-order chi connectivity index (χ1) is 7.65. The molecule has 2 aliphatic carbocycles. The Morgan fingerprint density at radius 3 is 2.75 bits per heavy atom. The van der Waals surface area contributed by atoms with Crippen molar-refractivity contribution in [1.29, 1.82) is 0 Å². The average molecular weight is 221 g/mol. The largest absolute Gasteiger partial charge is 0.475 e. The minimum absolute atomic E-state index is 0.0118. The maximum Gasteiger partial charge on any atom is 0.373 e. The fourth-order valence-electron chi connectivity index (χ4n) is 3.32. The van der Waals surface area contributed by atoms with E-state index in [2.05, 4.69) is 4.98 Å². The lowest BCUT2D eigenvalue weighted by Crippen LogP contribution is -2.08. The predicted octanol–water partition coefficient (Wildman–Crippen LogP) is 2.58. The van der Waals surface area contributed by atoms with Gasteiger partial charge in [0.25, 0.3) is 0 Å². The topological polar surface area (TPSA) is 63.3 Å². The van der Waals surface area contributed by atoms with Crippen LogP contribution in [0, 0.1) is 18.8 Å². The lowest BCUT2D eigenvalue weighted by Gasteiger charge is -2.17. The molecule has 0 radical (unpaired) electrons. The molecule has 3 unspecified atom stereocenters. The molecule has 2 fully saturated rings. The zero-order valence-electron chi connectivity index (χ0n) is 9.27. The summed E-state index contributed by atoms with van der Waals surface area (Å²) in [4.78, 5) is 15.2. The van der Waals surface area contributed by atoms with Gasteiger partial charge in [-0.1, -0.05) is 6.42 Å². The molecule has 4 nitrogen and oxygen atoms in total. The van der Waals surface area contributed by atoms with Crippen LogP contribution < -0.4 is 0 Å². The maximum absolute atomic E-state index is 10.9. The van der Waals surface area contributed by atoms with Crippen molar-refractivity contribution in [3.05, 3.63) is 17.3 Å². The first-order valence-electron chi connectivity index (χ1n) is 5.85. The summed E-state index contributed by atoms with van der Waals surface area (Å²) in [6.45, 7) is 1.70. The van der Waals surface area contributed by atoms with Crippen molar-refractivity contribution in [2.24, 2.45) is 11.8 Å². The van der Waals surface area contributed by atoms with Crippen LogP contribution >= 0.6 is 0 Å². The van der Waals surface area contributed by atoms with Gasteiger partial charge in [-0.25, -0.2) is 9.78 Å². The van der Waals surface area contributed by atoms with Gasteiger partial charge in [-0.2, -0.15) is 0 Å². The summed E-state index contributed by atoms with van der Waals surface area (Å²) < 4.78 is 5.40. The standard InChI is InChI=1S/C12H15NO3/c1-6-10(12(14)15)16-11(13-6)9-5-7-2-3-8(9)4-7/h7-9H,2-5H2,1H3,(H,14,15). The van der Waals surface area contributed by atoms with Gasteiger partial charge < -0.3 is 9.52 Å². The van der Waals surface area contributed by atoms with Gasteiger partial charge in [-0.15, -0.1) is 0 Å². The minimum Gasteiger partial charge on any atom is -0.475 e. The van der Waals surface area contributed by atoms with Gasteiger partial charge in [0.2, 0.25) is 5.76 Å². The number of aryl methyl sites for hydroxylation is 1. The van der Waals surface area contributed by atoms with Gasteiger partial charge in [-0.05, 0) is 38.0 Å². The molecule has 0 spiro atoms. The van der Waals surface area contributed by atoms with E-state index in [1.54, 1.807) is 6.92 Å². The maximum atomic E-state index is 10.9. The molecule has 4 heteroatoms. The van der Waals surface area contributed by atoms with Crippen molar-refractivity contribution in [2.45, 2.75) is 38.5 Å². The molecule has 16 heavy (non-hydrogen) atoms. The van der Waals surface area contributed by atoms with Crippen LogP contribution in [0.3, 0.4) is 0 Å². The minimum atomic E-state index is -1.01. The predicted molar refractivity (Wildman–Crippen MR) is 56.4 cm³/mol. The van der Waals surface area contributed by atoms with Crippen LogP contribution in [0.15, 0.2) is 4.42 Å². The van der Waals surface area contributed by atoms with Gasteiger partial charge in [-0.3, -0.25) is 0 Å². The Morgan fingerprint density at radius 2 is 2.25 bits per heavy atom. The molecule has 0 aliphatic heterocycles. The lowest BCUT2D eigenvalue weighted by atomic mass is 9.89. The summed E-state index contributed by atoms with van der Waals surface area (Å²) in [7, 11) is 0. The summed E-state index contributed by atoms with van der Waals surface area (Å²) in [5.74, 6) is 1.50. The number of rotatable bonds is 2. The van der Waals surface area contributed by atoms with Crippen molar-refractivity contribution >= 4 is 5.97 Å². The number of oxazole rings is 1. The Labute approximate surface area is 93.7 Å². The second kappa shape index (κ2) is 3.34. The van der Waals surface area contributed by atoms with Crippen LogP contribution in [0.1, 0.15) is 53.7 Å². The van der Waals surface area contributed by atoms with E-state index in [0.717, 1.165) is 12.3 Å². The number of aromatic carboxylic acids is 1. The molecular weight excluding hydrogens is 206 g/mol. The normalized spacial score (nSPS) is 32.2. The number of hydrogen-bond donors (Lipinski definition) is 1. The zero-order valence-corrected chi connectivity index (χ0v) is 9.27. The van der Waals surface area contributed by atoms with Crippen molar-refractivity contribution in [3.8, 4) is 0 Å². The summed E-state index contributed by atoms with van der Waals surface area (Å²) >= 11 is 0. The smallest absolute Gasteiger partial charge is 0.373 e. The molecule has 2 bridgehead atoms. The first-order valence-corrected chi connectivity index (χ1v) is 5.85. The number of carboxylic acid groups (broad SMARTS) is 1. The Bertz CT molecular complexity index is 437. The van der Waals surface area contributed by atoms with E-state index < -0.39 is 5.97 Å². The van der Waals surface area contributed by atoms with E-state index in [1.807, 2.05) is 0 Å². The third kappa shape index (κ3) is 1.36. The van der Waals surface area contributed by atoms with E-state index in [-0.39, 0.29) is 5.76 Å². The molecule has 86 valence electrons. The van der Waals surface area contributed by atoms with Gasteiger partial charge in [0.15, 0.2) is 5.89 Å². The van der Waals surface area contributed by atoms with E-state index in [1.165, 1.54) is 19.3 Å². The Kier molecular flexibility index (Phi) is 2.06. The molecule has 1 N–H and O–H groups in total. The molecule has 1 heterocycles. The Hall–Kier alpha value is -1.32. The molecule has 1 aromatic rings. The summed E-state index contributed by atoms with van der Waals surface area (Å²) in [5, 5.41) is 8.92. The second-order valence-electron chi connectivity index (χ2n) is 5.05. The van der Waals surface area contributed by atoms with E-state index in [0.29, 0.717) is 23.4 Å². The van der Waals surface area contributed by atoms with Gasteiger partial charge in [0.1, 0.15) is 0 Å². The highest BCUT2D eigenvalue weighted by molar-refractivity contribution is 5.85. The van der Waals surface area contributed by atoms with Crippen molar-refractivity contribution in [2.75, 3.05) is 0 Å². The molecule has 0 aromatic carbocycles. The molecule has 1 aromatic heterocycles. The monoisotopic (exact) mass is 221 g/mol. The zero-order chi connectivity index (χ0) is 11.3. The summed E-state index contributed by atoms with van der Waals surface area (Å²) in [5.41, 5.74) is 0.505. The van der Waals surface area contributed by atoms with Crippen LogP contribution in [0.25, 0.3) is 0 Å². The molecule has 0 amide bonds. The average Bonchev–Trinajstić information content (AvgIpc) is 2.89. The van der Waals surface area contributed by atoms with E-state index in [9.17, 15) is 4.79 Å². The third-order valence-corrected chi connectivity index (χ3v) is 4.06. The van der Waals surface area contributed by atoms with Crippen LogP contribution in [-0.4, -0.2) is 16.1 Å². The number of carboxylic acids is 1. The van der Waals surface area contributed by atoms with Gasteiger partial charge in [0, 0.05) is 5.92 Å². The van der Waals surface area contributed by atoms with Crippen molar-refractivity contribution in [3.63, 3.8) is 0 Å². The molecular formula is C12H15NO3. The van der Waals surface area contributed by atoms with Gasteiger partial charge >= 0.3 is 5.97 Å². The highest BCUT2D eigenvalue weighted by Gasteiger charge is 2.42. The highest BCUT2D eigenvalue weighted by Crippen LogP contribution is 2.52. The van der Waals surface area contributed by atoms with E-state index >= 15 is 0 Å². The molecule has 3 atom stereocenters. The Morgan fingerprint density at radius 1 is 1.44 bits per heavy atom. The number of fused-ring (bicyclic) bond motifs is 2. The molecule has 2 saturated carbocycles. The SMILES string of the molecule is Cc1nc(C2CC3CCC2C3)oc1C(=O)O. The van der Waals surface area contributed by atoms with E-state index in [4.69, 9.17) is 9.52 Å². The van der Waals surface area contributed by atoms with Crippen molar-refractivity contribution < 1.29 is 14.3 Å². The quantitative estimate of drug-likeness (QED) is 0.833. The third-order valence-electron chi connectivity index (χ3n) is 4.06. The number of aromatic nitrogens is 1. The molecule has 2 aliphatic rings. The fourth-order valence-corrected chi connectivity index (χ4v) is 3.32. The Balaban J connectivity index is 1.90.